The average molecular weight is 353 g/mol. The number of rotatable bonds is 5. The lowest BCUT2D eigenvalue weighted by atomic mass is 9.60. The number of aromatic nitrogens is 3. The Bertz CT molecular complexity index is 722. The lowest BCUT2D eigenvalue weighted by molar-refractivity contribution is -0.00878. The number of methoxy groups -OCH3 is 1. The molecule has 0 atom stereocenters. The molecule has 0 unspecified atom stereocenters. The Hall–Kier alpha value is -2.21. The third-order valence-electron chi connectivity index (χ3n) is 6.10. The standard InChI is InChI=1S/C20H27N5O/c1-24(14-16-4-3-7-21-13-16)17-11-20(12-17)5-8-25(9-6-20)18-10-19(26-2)23-15-22-18/h3-4,7,10,13,15,17H,5-6,8-9,11-12,14H2,1-2H3. The summed E-state index contributed by atoms with van der Waals surface area (Å²) in [5, 5.41) is 0. The minimum absolute atomic E-state index is 0.529. The van der Waals surface area contributed by atoms with Crippen LogP contribution in [0, 0.1) is 5.41 Å². The zero-order valence-electron chi connectivity index (χ0n) is 15.6. The second-order valence-electron chi connectivity index (χ2n) is 7.74. The van der Waals surface area contributed by atoms with Crippen molar-refractivity contribution in [1.82, 2.24) is 19.9 Å². The van der Waals surface area contributed by atoms with E-state index in [4.69, 9.17) is 4.74 Å². The molecule has 2 aromatic rings. The SMILES string of the molecule is COc1cc(N2CCC3(CC2)CC(N(C)Cc2cccnc2)C3)ncn1. The molecule has 0 radical (unpaired) electrons. The van der Waals surface area contributed by atoms with E-state index < -0.39 is 0 Å². The Kier molecular flexibility index (Phi) is 4.76. The van der Waals surface area contributed by atoms with E-state index in [9.17, 15) is 0 Å². The molecule has 0 amide bonds. The van der Waals surface area contributed by atoms with Gasteiger partial charge in [0.05, 0.1) is 7.11 Å². The number of piperidine rings is 1. The Morgan fingerprint density at radius 3 is 2.77 bits per heavy atom. The van der Waals surface area contributed by atoms with E-state index in [-0.39, 0.29) is 0 Å². The van der Waals surface area contributed by atoms with Gasteiger partial charge in [0.2, 0.25) is 5.88 Å². The van der Waals surface area contributed by atoms with Gasteiger partial charge in [-0.15, -0.1) is 0 Å². The van der Waals surface area contributed by atoms with Crippen LogP contribution in [0.4, 0.5) is 5.82 Å². The number of anilines is 1. The molecule has 138 valence electrons. The van der Waals surface area contributed by atoms with E-state index in [0.717, 1.165) is 25.5 Å². The van der Waals surface area contributed by atoms with Crippen molar-refractivity contribution in [2.24, 2.45) is 5.41 Å². The third kappa shape index (κ3) is 3.51. The second kappa shape index (κ2) is 7.19. The van der Waals surface area contributed by atoms with Crippen LogP contribution in [-0.2, 0) is 6.54 Å². The van der Waals surface area contributed by atoms with Crippen LogP contribution in [0.5, 0.6) is 5.88 Å². The molecule has 1 saturated carbocycles. The molecule has 0 bridgehead atoms. The molecule has 2 aliphatic rings. The van der Waals surface area contributed by atoms with E-state index >= 15 is 0 Å². The zero-order valence-corrected chi connectivity index (χ0v) is 15.6. The van der Waals surface area contributed by atoms with Crippen LogP contribution in [0.1, 0.15) is 31.2 Å². The predicted molar refractivity (Wildman–Crippen MR) is 101 cm³/mol. The fraction of sp³-hybridized carbons (Fsp3) is 0.550. The fourth-order valence-corrected chi connectivity index (χ4v) is 4.39. The van der Waals surface area contributed by atoms with E-state index in [0.29, 0.717) is 17.3 Å². The highest BCUT2D eigenvalue weighted by molar-refractivity contribution is 5.41. The topological polar surface area (TPSA) is 54.4 Å². The molecule has 26 heavy (non-hydrogen) atoms. The Labute approximate surface area is 155 Å². The summed E-state index contributed by atoms with van der Waals surface area (Å²) in [6.45, 7) is 3.12. The van der Waals surface area contributed by atoms with Gasteiger partial charge >= 0.3 is 0 Å². The van der Waals surface area contributed by atoms with Crippen LogP contribution in [0.15, 0.2) is 36.9 Å². The highest BCUT2D eigenvalue weighted by Gasteiger charge is 2.47. The Balaban J connectivity index is 1.29. The molecule has 2 aromatic heterocycles. The van der Waals surface area contributed by atoms with Gasteiger partial charge < -0.3 is 9.64 Å². The average Bonchev–Trinajstić information content (AvgIpc) is 2.67. The molecule has 3 heterocycles. The van der Waals surface area contributed by atoms with Gasteiger partial charge in [0.25, 0.3) is 0 Å². The van der Waals surface area contributed by atoms with Gasteiger partial charge in [-0.1, -0.05) is 6.07 Å². The van der Waals surface area contributed by atoms with Gasteiger partial charge in [-0.2, -0.15) is 0 Å². The summed E-state index contributed by atoms with van der Waals surface area (Å²) in [5.74, 6) is 1.62. The third-order valence-corrected chi connectivity index (χ3v) is 6.10. The summed E-state index contributed by atoms with van der Waals surface area (Å²) >= 11 is 0. The summed E-state index contributed by atoms with van der Waals surface area (Å²) in [4.78, 5) is 17.6. The first-order valence-electron chi connectivity index (χ1n) is 9.38. The summed E-state index contributed by atoms with van der Waals surface area (Å²) < 4.78 is 5.22. The van der Waals surface area contributed by atoms with Crippen molar-refractivity contribution in [3.63, 3.8) is 0 Å². The van der Waals surface area contributed by atoms with Gasteiger partial charge in [-0.25, -0.2) is 9.97 Å². The molecule has 1 aliphatic heterocycles. The summed E-state index contributed by atoms with van der Waals surface area (Å²) in [6.07, 6.45) is 10.5. The maximum Gasteiger partial charge on any atom is 0.218 e. The molecular formula is C20H27N5O. The first kappa shape index (κ1) is 17.2. The van der Waals surface area contributed by atoms with Gasteiger partial charge in [-0.3, -0.25) is 9.88 Å². The van der Waals surface area contributed by atoms with Crippen molar-refractivity contribution in [3.8, 4) is 5.88 Å². The van der Waals surface area contributed by atoms with Gasteiger partial charge in [0, 0.05) is 44.1 Å². The molecule has 1 spiro atoms. The molecule has 6 nitrogen and oxygen atoms in total. The van der Waals surface area contributed by atoms with Crippen molar-refractivity contribution in [2.45, 2.75) is 38.3 Å². The van der Waals surface area contributed by atoms with Gasteiger partial charge in [-0.05, 0) is 49.8 Å². The normalized spacial score (nSPS) is 19.6. The molecule has 1 saturated heterocycles. The molecule has 0 N–H and O–H groups in total. The van der Waals surface area contributed by atoms with Crippen molar-refractivity contribution < 1.29 is 4.74 Å². The van der Waals surface area contributed by atoms with Gasteiger partial charge in [0.15, 0.2) is 0 Å². The van der Waals surface area contributed by atoms with E-state index in [1.54, 1.807) is 13.4 Å². The van der Waals surface area contributed by atoms with Crippen LogP contribution in [0.2, 0.25) is 0 Å². The monoisotopic (exact) mass is 353 g/mol. The number of pyridine rings is 1. The summed E-state index contributed by atoms with van der Waals surface area (Å²) in [5.41, 5.74) is 1.82. The van der Waals surface area contributed by atoms with Crippen LogP contribution in [-0.4, -0.2) is 53.1 Å². The lowest BCUT2D eigenvalue weighted by Crippen LogP contribution is -2.54. The lowest BCUT2D eigenvalue weighted by Gasteiger charge is -2.54. The van der Waals surface area contributed by atoms with Crippen LogP contribution in [0.25, 0.3) is 0 Å². The number of hydrogen-bond acceptors (Lipinski definition) is 6. The van der Waals surface area contributed by atoms with Crippen molar-refractivity contribution >= 4 is 5.82 Å². The Morgan fingerprint density at radius 1 is 1.27 bits per heavy atom. The van der Waals surface area contributed by atoms with E-state index in [1.165, 1.54) is 31.2 Å². The highest BCUT2D eigenvalue weighted by atomic mass is 16.5. The van der Waals surface area contributed by atoms with Gasteiger partial charge in [0.1, 0.15) is 12.1 Å². The minimum atomic E-state index is 0.529. The van der Waals surface area contributed by atoms with Crippen molar-refractivity contribution in [1.29, 1.82) is 0 Å². The first-order valence-corrected chi connectivity index (χ1v) is 9.38. The number of ether oxygens (including phenoxy) is 1. The van der Waals surface area contributed by atoms with Crippen LogP contribution >= 0.6 is 0 Å². The Morgan fingerprint density at radius 2 is 2.08 bits per heavy atom. The van der Waals surface area contributed by atoms with E-state index in [2.05, 4.69) is 37.9 Å². The highest BCUT2D eigenvalue weighted by Crippen LogP contribution is 2.51. The number of nitrogens with zero attached hydrogens (tertiary/aromatic N) is 5. The smallest absolute Gasteiger partial charge is 0.218 e. The fourth-order valence-electron chi connectivity index (χ4n) is 4.39. The first-order chi connectivity index (χ1) is 12.7. The maximum atomic E-state index is 5.22. The molecule has 1 aliphatic carbocycles. The molecular weight excluding hydrogens is 326 g/mol. The molecule has 0 aromatic carbocycles. The van der Waals surface area contributed by atoms with Crippen LogP contribution < -0.4 is 9.64 Å². The largest absolute Gasteiger partial charge is 0.481 e. The maximum absolute atomic E-state index is 5.22. The zero-order chi connectivity index (χ0) is 18.0. The quantitative estimate of drug-likeness (QED) is 0.824. The summed E-state index contributed by atoms with van der Waals surface area (Å²) in [7, 11) is 3.89. The van der Waals surface area contributed by atoms with Crippen molar-refractivity contribution in [2.75, 3.05) is 32.1 Å². The van der Waals surface area contributed by atoms with Crippen LogP contribution in [0.3, 0.4) is 0 Å². The predicted octanol–water partition coefficient (Wildman–Crippen LogP) is 2.76. The summed E-state index contributed by atoms with van der Waals surface area (Å²) in [6, 6.07) is 6.81. The van der Waals surface area contributed by atoms with Crippen molar-refractivity contribution in [3.05, 3.63) is 42.5 Å². The van der Waals surface area contributed by atoms with E-state index in [1.807, 2.05) is 24.5 Å². The molecule has 6 heteroatoms. The minimum Gasteiger partial charge on any atom is -0.481 e. The second-order valence-corrected chi connectivity index (χ2v) is 7.74. The molecule has 4 rings (SSSR count). The molecule has 2 fully saturated rings. The number of hydrogen-bond donors (Lipinski definition) is 0.